The van der Waals surface area contributed by atoms with Crippen LogP contribution in [0.1, 0.15) is 28.4 Å². The van der Waals surface area contributed by atoms with Crippen molar-refractivity contribution in [3.8, 4) is 0 Å². The number of hydrogen-bond acceptors (Lipinski definition) is 2. The van der Waals surface area contributed by atoms with Crippen molar-refractivity contribution < 1.29 is 9.50 Å². The number of aliphatic hydroxyl groups excluding tert-OH is 1. The zero-order valence-corrected chi connectivity index (χ0v) is 13.0. The molecule has 0 aliphatic rings. The fourth-order valence-electron chi connectivity index (χ4n) is 2.93. The van der Waals surface area contributed by atoms with E-state index in [9.17, 15) is 9.50 Å². The van der Waals surface area contributed by atoms with Gasteiger partial charge in [0.15, 0.2) is 0 Å². The third-order valence-electron chi connectivity index (χ3n) is 3.78. The molecule has 0 radical (unpaired) electrons. The number of rotatable bonds is 4. The lowest BCUT2D eigenvalue weighted by Crippen LogP contribution is -2.25. The van der Waals surface area contributed by atoms with Crippen molar-refractivity contribution in [1.29, 1.82) is 0 Å². The first-order valence-corrected chi connectivity index (χ1v) is 7.11. The van der Waals surface area contributed by atoms with Crippen LogP contribution in [0.3, 0.4) is 0 Å². The maximum Gasteiger partial charge on any atom is 0.146 e. The van der Waals surface area contributed by atoms with Gasteiger partial charge in [-0.1, -0.05) is 29.8 Å². The maximum absolute atomic E-state index is 13.8. The van der Waals surface area contributed by atoms with Gasteiger partial charge in [0.1, 0.15) is 5.82 Å². The molecule has 0 heterocycles. The third kappa shape index (κ3) is 3.42. The first kappa shape index (κ1) is 15.5. The third-order valence-corrected chi connectivity index (χ3v) is 3.78. The predicted octanol–water partition coefficient (Wildman–Crippen LogP) is 3.92. The number of aliphatic hydroxyl groups is 1. The molecular formula is C18H22FNO. The highest BCUT2D eigenvalue weighted by atomic mass is 19.1. The molecular weight excluding hydrogens is 265 g/mol. The van der Waals surface area contributed by atoms with E-state index in [2.05, 4.69) is 12.1 Å². The molecule has 2 rings (SSSR count). The average Bonchev–Trinajstić information content (AvgIpc) is 2.37. The summed E-state index contributed by atoms with van der Waals surface area (Å²) in [4.78, 5) is 1.75. The molecule has 1 atom stereocenters. The molecule has 0 amide bonds. The van der Waals surface area contributed by atoms with Crippen LogP contribution in [0, 0.1) is 26.6 Å². The van der Waals surface area contributed by atoms with E-state index in [0.717, 1.165) is 16.7 Å². The minimum Gasteiger partial charge on any atom is -0.387 e. The highest BCUT2D eigenvalue weighted by molar-refractivity contribution is 5.48. The summed E-state index contributed by atoms with van der Waals surface area (Å²) >= 11 is 0. The van der Waals surface area contributed by atoms with E-state index in [-0.39, 0.29) is 5.82 Å². The molecule has 0 aliphatic carbocycles. The average molecular weight is 287 g/mol. The highest BCUT2D eigenvalue weighted by Crippen LogP contribution is 2.26. The van der Waals surface area contributed by atoms with Gasteiger partial charge in [-0.15, -0.1) is 0 Å². The summed E-state index contributed by atoms with van der Waals surface area (Å²) in [5, 5.41) is 10.5. The van der Waals surface area contributed by atoms with Crippen molar-refractivity contribution in [2.75, 3.05) is 18.5 Å². The summed E-state index contributed by atoms with van der Waals surface area (Å²) in [6.07, 6.45) is -0.643. The maximum atomic E-state index is 13.8. The van der Waals surface area contributed by atoms with Crippen LogP contribution >= 0.6 is 0 Å². The highest BCUT2D eigenvalue weighted by Gasteiger charge is 2.17. The molecule has 0 aliphatic heterocycles. The van der Waals surface area contributed by atoms with Gasteiger partial charge < -0.3 is 10.0 Å². The van der Waals surface area contributed by atoms with Gasteiger partial charge in [0, 0.05) is 13.6 Å². The van der Waals surface area contributed by atoms with Crippen molar-refractivity contribution in [2.45, 2.75) is 26.9 Å². The molecule has 112 valence electrons. The molecule has 2 nitrogen and oxygen atoms in total. The Morgan fingerprint density at radius 3 is 2.24 bits per heavy atom. The van der Waals surface area contributed by atoms with Crippen molar-refractivity contribution in [3.05, 3.63) is 64.5 Å². The molecule has 3 heteroatoms. The molecule has 2 aromatic rings. The second kappa shape index (κ2) is 6.27. The Morgan fingerprint density at radius 2 is 1.67 bits per heavy atom. The number of benzene rings is 2. The van der Waals surface area contributed by atoms with Gasteiger partial charge in [-0.3, -0.25) is 0 Å². The lowest BCUT2D eigenvalue weighted by molar-refractivity contribution is 0.183. The summed E-state index contributed by atoms with van der Waals surface area (Å²) in [5.74, 6) is -0.274. The molecule has 21 heavy (non-hydrogen) atoms. The zero-order chi connectivity index (χ0) is 15.6. The Labute approximate surface area is 125 Å². The number of hydrogen-bond donors (Lipinski definition) is 1. The normalized spacial score (nSPS) is 12.3. The first-order chi connectivity index (χ1) is 9.90. The van der Waals surface area contributed by atoms with Crippen molar-refractivity contribution >= 4 is 5.69 Å². The van der Waals surface area contributed by atoms with Crippen LogP contribution in [0.5, 0.6) is 0 Å². The van der Waals surface area contributed by atoms with Crippen LogP contribution in [0.2, 0.25) is 0 Å². The summed E-state index contributed by atoms with van der Waals surface area (Å²) in [6.45, 7) is 6.40. The van der Waals surface area contributed by atoms with Gasteiger partial charge in [-0.25, -0.2) is 4.39 Å². The molecule has 0 saturated heterocycles. The number of halogens is 1. The van der Waals surface area contributed by atoms with E-state index < -0.39 is 6.10 Å². The Kier molecular flexibility index (Phi) is 4.63. The number of aryl methyl sites for hydroxylation is 3. The topological polar surface area (TPSA) is 23.5 Å². The first-order valence-electron chi connectivity index (χ1n) is 7.11. The van der Waals surface area contributed by atoms with E-state index >= 15 is 0 Å². The lowest BCUT2D eigenvalue weighted by atomic mass is 9.95. The summed E-state index contributed by atoms with van der Waals surface area (Å²) < 4.78 is 13.8. The van der Waals surface area contributed by atoms with E-state index in [1.54, 1.807) is 30.1 Å². The van der Waals surface area contributed by atoms with Crippen LogP contribution in [0.4, 0.5) is 10.1 Å². The number of anilines is 1. The molecule has 0 saturated carbocycles. The lowest BCUT2D eigenvalue weighted by Gasteiger charge is -2.25. The molecule has 1 unspecified atom stereocenters. The summed E-state index contributed by atoms with van der Waals surface area (Å²) in [6, 6.07) is 10.7. The van der Waals surface area contributed by atoms with Gasteiger partial charge in [0.05, 0.1) is 11.8 Å². The van der Waals surface area contributed by atoms with Crippen LogP contribution in [0.15, 0.2) is 36.4 Å². The number of para-hydroxylation sites is 1. The SMILES string of the molecule is Cc1cc(C)c(C(O)CN(C)c2ccccc2F)c(C)c1. The van der Waals surface area contributed by atoms with Gasteiger partial charge in [0.2, 0.25) is 0 Å². The molecule has 0 bridgehead atoms. The van der Waals surface area contributed by atoms with Crippen molar-refractivity contribution in [3.63, 3.8) is 0 Å². The van der Waals surface area contributed by atoms with Gasteiger partial charge in [0.25, 0.3) is 0 Å². The Balaban J connectivity index is 2.22. The smallest absolute Gasteiger partial charge is 0.146 e. The molecule has 2 aromatic carbocycles. The second-order valence-corrected chi connectivity index (χ2v) is 5.66. The molecule has 0 spiro atoms. The largest absolute Gasteiger partial charge is 0.387 e. The van der Waals surface area contributed by atoms with Crippen LogP contribution in [-0.4, -0.2) is 18.7 Å². The molecule has 1 N–H and O–H groups in total. The van der Waals surface area contributed by atoms with Crippen molar-refractivity contribution in [1.82, 2.24) is 0 Å². The summed E-state index contributed by atoms with van der Waals surface area (Å²) in [7, 11) is 1.79. The standard InChI is InChI=1S/C18H22FNO/c1-12-9-13(2)18(14(3)10-12)17(21)11-20(4)16-8-6-5-7-15(16)19/h5-10,17,21H,11H2,1-4H3. The van der Waals surface area contributed by atoms with Crippen molar-refractivity contribution in [2.24, 2.45) is 0 Å². The van der Waals surface area contributed by atoms with E-state index in [0.29, 0.717) is 12.2 Å². The monoisotopic (exact) mass is 287 g/mol. The quantitative estimate of drug-likeness (QED) is 0.921. The summed E-state index contributed by atoms with van der Waals surface area (Å²) in [5.41, 5.74) is 4.76. The Bertz CT molecular complexity index is 616. The fourth-order valence-corrected chi connectivity index (χ4v) is 2.93. The number of likely N-dealkylation sites (N-methyl/N-ethyl adjacent to an activating group) is 1. The Hall–Kier alpha value is -1.87. The van der Waals surface area contributed by atoms with Crippen LogP contribution < -0.4 is 4.90 Å². The minimum atomic E-state index is -0.643. The van der Waals surface area contributed by atoms with Crippen LogP contribution in [-0.2, 0) is 0 Å². The predicted molar refractivity (Wildman–Crippen MR) is 85.3 cm³/mol. The second-order valence-electron chi connectivity index (χ2n) is 5.66. The van der Waals surface area contributed by atoms with E-state index in [4.69, 9.17) is 0 Å². The number of nitrogens with zero attached hydrogens (tertiary/aromatic N) is 1. The van der Waals surface area contributed by atoms with E-state index in [1.807, 2.05) is 20.8 Å². The Morgan fingerprint density at radius 1 is 1.10 bits per heavy atom. The molecule has 0 aromatic heterocycles. The fraction of sp³-hybridized carbons (Fsp3) is 0.333. The van der Waals surface area contributed by atoms with Gasteiger partial charge in [-0.05, 0) is 49.6 Å². The van der Waals surface area contributed by atoms with Gasteiger partial charge in [-0.2, -0.15) is 0 Å². The van der Waals surface area contributed by atoms with E-state index in [1.165, 1.54) is 11.6 Å². The zero-order valence-electron chi connectivity index (χ0n) is 13.0. The molecule has 0 fully saturated rings. The van der Waals surface area contributed by atoms with Crippen LogP contribution in [0.25, 0.3) is 0 Å². The minimum absolute atomic E-state index is 0.274. The van der Waals surface area contributed by atoms with Gasteiger partial charge >= 0.3 is 0 Å².